The Hall–Kier alpha value is -3.69. The highest BCUT2D eigenvalue weighted by atomic mass is 32.2. The van der Waals surface area contributed by atoms with Gasteiger partial charge in [0.05, 0.1) is 15.9 Å². The van der Waals surface area contributed by atoms with Gasteiger partial charge in [0, 0.05) is 19.8 Å². The number of hydrogen-bond donors (Lipinski definition) is 1. The number of hydrogen-bond acceptors (Lipinski definition) is 5. The summed E-state index contributed by atoms with van der Waals surface area (Å²) in [4.78, 5) is 17.9. The molecule has 0 aliphatic rings. The average molecular weight is 493 g/mol. The molecule has 0 aliphatic heterocycles. The Bertz CT molecular complexity index is 1480. The van der Waals surface area contributed by atoms with Crippen LogP contribution in [-0.2, 0) is 28.0 Å². The average Bonchev–Trinajstić information content (AvgIpc) is 3.18. The molecule has 8 nitrogen and oxygen atoms in total. The van der Waals surface area contributed by atoms with Gasteiger partial charge >= 0.3 is 0 Å². The van der Waals surface area contributed by atoms with Gasteiger partial charge in [-0.15, -0.1) is 0 Å². The molecule has 0 fully saturated rings. The molecule has 1 N–H and O–H groups in total. The van der Waals surface area contributed by atoms with Crippen molar-refractivity contribution in [2.75, 3.05) is 19.4 Å². The van der Waals surface area contributed by atoms with Crippen molar-refractivity contribution < 1.29 is 17.9 Å². The van der Waals surface area contributed by atoms with Gasteiger partial charge in [0.2, 0.25) is 15.9 Å². The minimum atomic E-state index is -3.64. The fraction of sp³-hybridized carbons (Fsp3) is 0.231. The number of rotatable bonds is 8. The standard InChI is InChI=1S/C26H28N4O4S/c1-18-14-21(35(32,33)29(3)4)15-23(19(18)2)28-26(31)16-30-24-13-9-8-12-22(24)27-25(30)17-34-20-10-6-5-7-11-20/h5-15H,16-17H2,1-4H3,(H,28,31). The largest absolute Gasteiger partial charge is 0.486 e. The Morgan fingerprint density at radius 1 is 1.03 bits per heavy atom. The monoisotopic (exact) mass is 492 g/mol. The first-order valence-corrected chi connectivity index (χ1v) is 12.6. The third-order valence-corrected chi connectivity index (χ3v) is 7.63. The maximum atomic E-state index is 13.1. The van der Waals surface area contributed by atoms with Crippen molar-refractivity contribution in [2.45, 2.75) is 31.9 Å². The number of nitrogens with one attached hydrogen (secondary N) is 1. The lowest BCUT2D eigenvalue weighted by molar-refractivity contribution is -0.116. The summed E-state index contributed by atoms with van der Waals surface area (Å²) in [6, 6.07) is 20.1. The third kappa shape index (κ3) is 5.21. The topological polar surface area (TPSA) is 93.5 Å². The quantitative estimate of drug-likeness (QED) is 0.399. The molecule has 9 heteroatoms. The van der Waals surface area contributed by atoms with Crippen molar-refractivity contribution in [3.8, 4) is 5.75 Å². The van der Waals surface area contributed by atoms with Crippen molar-refractivity contribution in [1.82, 2.24) is 13.9 Å². The Morgan fingerprint density at radius 3 is 2.43 bits per heavy atom. The van der Waals surface area contributed by atoms with Gasteiger partial charge in [-0.1, -0.05) is 30.3 Å². The summed E-state index contributed by atoms with van der Waals surface area (Å²) >= 11 is 0. The fourth-order valence-corrected chi connectivity index (χ4v) is 4.74. The number of ether oxygens (including phenoxy) is 1. The van der Waals surface area contributed by atoms with Crippen LogP contribution in [0, 0.1) is 13.8 Å². The number of anilines is 1. The number of sulfonamides is 1. The molecule has 0 saturated carbocycles. The summed E-state index contributed by atoms with van der Waals surface area (Å²) in [6.07, 6.45) is 0. The van der Waals surface area contributed by atoms with Crippen LogP contribution in [0.25, 0.3) is 11.0 Å². The van der Waals surface area contributed by atoms with Gasteiger partial charge in [-0.3, -0.25) is 4.79 Å². The van der Waals surface area contributed by atoms with Gasteiger partial charge in [0.1, 0.15) is 24.7 Å². The van der Waals surface area contributed by atoms with Crippen LogP contribution in [0.4, 0.5) is 5.69 Å². The van der Waals surface area contributed by atoms with Crippen molar-refractivity contribution in [2.24, 2.45) is 0 Å². The molecule has 1 aromatic heterocycles. The second kappa shape index (κ2) is 9.89. The first-order valence-electron chi connectivity index (χ1n) is 11.1. The highest BCUT2D eigenvalue weighted by Crippen LogP contribution is 2.26. The van der Waals surface area contributed by atoms with Gasteiger partial charge in [-0.25, -0.2) is 17.7 Å². The molecule has 182 valence electrons. The van der Waals surface area contributed by atoms with Crippen LogP contribution >= 0.6 is 0 Å². The van der Waals surface area contributed by atoms with Gasteiger partial charge in [-0.2, -0.15) is 0 Å². The SMILES string of the molecule is Cc1cc(S(=O)(=O)N(C)C)cc(NC(=O)Cn2c(COc3ccccc3)nc3ccccc32)c1C. The highest BCUT2D eigenvalue weighted by Gasteiger charge is 2.21. The third-order valence-electron chi connectivity index (χ3n) is 5.84. The minimum absolute atomic E-state index is 0.00284. The molecule has 0 bridgehead atoms. The molecule has 35 heavy (non-hydrogen) atoms. The lowest BCUT2D eigenvalue weighted by Gasteiger charge is -2.17. The van der Waals surface area contributed by atoms with E-state index in [4.69, 9.17) is 4.74 Å². The Labute approximate surface area is 205 Å². The maximum absolute atomic E-state index is 13.1. The molecule has 4 rings (SSSR count). The van der Waals surface area contributed by atoms with E-state index in [1.54, 1.807) is 6.07 Å². The van der Waals surface area contributed by atoms with Crippen LogP contribution in [0.2, 0.25) is 0 Å². The molecular weight excluding hydrogens is 464 g/mol. The van der Waals surface area contributed by atoms with E-state index in [1.807, 2.05) is 73.0 Å². The van der Waals surface area contributed by atoms with Gasteiger partial charge < -0.3 is 14.6 Å². The first kappa shape index (κ1) is 24.4. The molecule has 0 saturated heterocycles. The zero-order chi connectivity index (χ0) is 25.2. The molecule has 4 aromatic rings. The number of amides is 1. The molecule has 0 unspecified atom stereocenters. The zero-order valence-corrected chi connectivity index (χ0v) is 21.0. The highest BCUT2D eigenvalue weighted by molar-refractivity contribution is 7.89. The number of para-hydroxylation sites is 3. The van der Waals surface area contributed by atoms with Crippen LogP contribution in [0.15, 0.2) is 71.6 Å². The second-order valence-corrected chi connectivity index (χ2v) is 10.6. The van der Waals surface area contributed by atoms with Gasteiger partial charge in [0.15, 0.2) is 0 Å². The number of aryl methyl sites for hydroxylation is 1. The number of imidazole rings is 1. The van der Waals surface area contributed by atoms with E-state index >= 15 is 0 Å². The van der Waals surface area contributed by atoms with Gasteiger partial charge in [-0.05, 0) is 61.4 Å². The smallest absolute Gasteiger partial charge is 0.244 e. The molecule has 0 radical (unpaired) electrons. The molecule has 0 spiro atoms. The summed E-state index contributed by atoms with van der Waals surface area (Å²) < 4.78 is 34.2. The lowest BCUT2D eigenvalue weighted by atomic mass is 10.1. The summed E-state index contributed by atoms with van der Waals surface area (Å²) in [5, 5.41) is 2.90. The fourth-order valence-electron chi connectivity index (χ4n) is 3.73. The number of aromatic nitrogens is 2. The molecule has 0 aliphatic carbocycles. The minimum Gasteiger partial charge on any atom is -0.486 e. The lowest BCUT2D eigenvalue weighted by Crippen LogP contribution is -2.24. The van der Waals surface area contributed by atoms with Crippen LogP contribution in [-0.4, -0.2) is 42.3 Å². The van der Waals surface area contributed by atoms with Crippen LogP contribution < -0.4 is 10.1 Å². The predicted molar refractivity (Wildman–Crippen MR) is 136 cm³/mol. The predicted octanol–water partition coefficient (Wildman–Crippen LogP) is 4.12. The number of fused-ring (bicyclic) bond motifs is 1. The number of carbonyl (C=O) groups excluding carboxylic acids is 1. The van der Waals surface area contributed by atoms with E-state index < -0.39 is 10.0 Å². The van der Waals surface area contributed by atoms with Crippen molar-refractivity contribution in [1.29, 1.82) is 0 Å². The van der Waals surface area contributed by atoms with Crippen LogP contribution in [0.3, 0.4) is 0 Å². The Balaban J connectivity index is 1.61. The molecule has 1 amide bonds. The molecular formula is C26H28N4O4S. The van der Waals surface area contributed by atoms with E-state index in [2.05, 4.69) is 10.3 Å². The van der Waals surface area contributed by atoms with Crippen LogP contribution in [0.1, 0.15) is 17.0 Å². The molecule has 0 atom stereocenters. The Morgan fingerprint density at radius 2 is 1.71 bits per heavy atom. The van der Waals surface area contributed by atoms with Crippen molar-refractivity contribution in [3.05, 3.63) is 83.7 Å². The van der Waals surface area contributed by atoms with Gasteiger partial charge in [0.25, 0.3) is 0 Å². The summed E-state index contributed by atoms with van der Waals surface area (Å²) in [7, 11) is -0.687. The van der Waals surface area contributed by atoms with E-state index in [0.29, 0.717) is 17.3 Å². The second-order valence-electron chi connectivity index (χ2n) is 8.45. The zero-order valence-electron chi connectivity index (χ0n) is 20.1. The number of benzene rings is 3. The first-order chi connectivity index (χ1) is 16.7. The van der Waals surface area contributed by atoms with E-state index in [0.717, 1.165) is 26.5 Å². The van der Waals surface area contributed by atoms with E-state index in [1.165, 1.54) is 20.2 Å². The number of nitrogens with zero attached hydrogens (tertiary/aromatic N) is 3. The summed E-state index contributed by atoms with van der Waals surface area (Å²) in [5.41, 5.74) is 3.61. The maximum Gasteiger partial charge on any atom is 0.244 e. The van der Waals surface area contributed by atoms with E-state index in [9.17, 15) is 13.2 Å². The van der Waals surface area contributed by atoms with Crippen molar-refractivity contribution in [3.63, 3.8) is 0 Å². The summed E-state index contributed by atoms with van der Waals surface area (Å²) in [5.74, 6) is 1.03. The summed E-state index contributed by atoms with van der Waals surface area (Å²) in [6.45, 7) is 3.86. The normalized spacial score (nSPS) is 11.7. The van der Waals surface area contributed by atoms with Crippen molar-refractivity contribution >= 4 is 32.7 Å². The molecule has 1 heterocycles. The Kier molecular flexibility index (Phi) is 6.90. The number of carbonyl (C=O) groups is 1. The molecule has 3 aromatic carbocycles. The van der Waals surface area contributed by atoms with E-state index in [-0.39, 0.29) is 24.0 Å². The van der Waals surface area contributed by atoms with Crippen LogP contribution in [0.5, 0.6) is 5.75 Å².